The van der Waals surface area contributed by atoms with Gasteiger partial charge >= 0.3 is 0 Å². The molecule has 0 radical (unpaired) electrons. The van der Waals surface area contributed by atoms with Gasteiger partial charge in [-0.2, -0.15) is 0 Å². The highest BCUT2D eigenvalue weighted by Crippen LogP contribution is 2.37. The molecule has 0 aliphatic rings. The molecule has 0 saturated carbocycles. The second kappa shape index (κ2) is 5.50. The summed E-state index contributed by atoms with van der Waals surface area (Å²) in [5.41, 5.74) is 9.05. The van der Waals surface area contributed by atoms with Gasteiger partial charge in [0.25, 0.3) is 0 Å². The first kappa shape index (κ1) is 16.6. The van der Waals surface area contributed by atoms with Gasteiger partial charge in [0.05, 0.1) is 5.54 Å². The van der Waals surface area contributed by atoms with Crippen molar-refractivity contribution in [1.82, 2.24) is 0 Å². The minimum atomic E-state index is -1.81. The predicted molar refractivity (Wildman–Crippen MR) is 86.4 cm³/mol. The van der Waals surface area contributed by atoms with Crippen LogP contribution in [0.2, 0.25) is 18.1 Å². The zero-order chi connectivity index (χ0) is 15.6. The lowest BCUT2D eigenvalue weighted by molar-refractivity contribution is 0.490. The predicted octanol–water partition coefficient (Wildman–Crippen LogP) is 5.62. The summed E-state index contributed by atoms with van der Waals surface area (Å²) in [6.07, 6.45) is 0. The Morgan fingerprint density at radius 1 is 1.05 bits per heavy atom. The van der Waals surface area contributed by atoms with Crippen LogP contribution in [0.15, 0.2) is 29.4 Å². The van der Waals surface area contributed by atoms with Crippen molar-refractivity contribution in [2.45, 2.75) is 58.3 Å². The summed E-state index contributed by atoms with van der Waals surface area (Å²) in [5.74, 6) is 0.886. The molecule has 0 fully saturated rings. The quantitative estimate of drug-likeness (QED) is 0.307. The molecule has 0 unspecified atom stereocenters. The largest absolute Gasteiger partial charge is 0.544 e. The van der Waals surface area contributed by atoms with Crippen LogP contribution in [0.4, 0.5) is 0 Å². The van der Waals surface area contributed by atoms with Crippen molar-refractivity contribution in [3.63, 3.8) is 0 Å². The molecule has 0 amide bonds. The van der Waals surface area contributed by atoms with Gasteiger partial charge in [0.1, 0.15) is 5.75 Å². The van der Waals surface area contributed by atoms with Crippen LogP contribution in [0.1, 0.15) is 40.2 Å². The van der Waals surface area contributed by atoms with Gasteiger partial charge in [0, 0.05) is 4.91 Å². The Bertz CT molecular complexity index is 509. The maximum Gasteiger partial charge on any atom is 0.250 e. The van der Waals surface area contributed by atoms with Crippen LogP contribution >= 0.6 is 0 Å². The van der Waals surface area contributed by atoms with E-state index in [1.54, 1.807) is 0 Å². The molecular weight excluding hydrogens is 266 g/mol. The molecule has 1 aromatic carbocycles. The van der Waals surface area contributed by atoms with Crippen molar-refractivity contribution in [1.29, 1.82) is 0 Å². The lowest BCUT2D eigenvalue weighted by atomic mass is 9.96. The first-order chi connectivity index (χ1) is 8.99. The Hall–Kier alpha value is -1.45. The number of rotatable bonds is 4. The molecule has 0 heterocycles. The maximum absolute atomic E-state index is 8.60. The van der Waals surface area contributed by atoms with Gasteiger partial charge < -0.3 is 4.43 Å². The Labute approximate surface area is 122 Å². The first-order valence-electron chi connectivity index (χ1n) is 6.85. The number of benzene rings is 1. The number of hydrogen-bond acceptors (Lipinski definition) is 2. The summed E-state index contributed by atoms with van der Waals surface area (Å²) in [7, 11) is -1.81. The summed E-state index contributed by atoms with van der Waals surface area (Å²) in [6.45, 7) is 14.9. The Morgan fingerprint density at radius 3 is 1.95 bits per heavy atom. The summed E-state index contributed by atoms with van der Waals surface area (Å²) in [6, 6.07) is 7.86. The normalized spacial score (nSPS) is 12.8. The molecule has 0 spiro atoms. The topological polar surface area (TPSA) is 58.0 Å². The average molecular weight is 291 g/mol. The van der Waals surface area contributed by atoms with Crippen molar-refractivity contribution >= 4 is 8.32 Å². The molecule has 0 aliphatic heterocycles. The summed E-state index contributed by atoms with van der Waals surface area (Å²) in [4.78, 5) is 2.90. The number of nitrogens with zero attached hydrogens (tertiary/aromatic N) is 3. The molecule has 0 saturated heterocycles. The highest BCUT2D eigenvalue weighted by molar-refractivity contribution is 6.74. The minimum Gasteiger partial charge on any atom is -0.544 e. The Morgan fingerprint density at radius 2 is 1.55 bits per heavy atom. The smallest absolute Gasteiger partial charge is 0.250 e. The zero-order valence-corrected chi connectivity index (χ0v) is 14.6. The van der Waals surface area contributed by atoms with Crippen LogP contribution in [-0.2, 0) is 5.54 Å². The SMILES string of the molecule is CC(C)(N=[N+]=[N-])c1ccc(O[Si](C)(C)C(C)(C)C)cc1. The Kier molecular flexibility index (Phi) is 4.57. The van der Waals surface area contributed by atoms with E-state index in [0.717, 1.165) is 11.3 Å². The van der Waals surface area contributed by atoms with E-state index in [0.29, 0.717) is 0 Å². The summed E-state index contributed by atoms with van der Waals surface area (Å²) >= 11 is 0. The van der Waals surface area contributed by atoms with E-state index in [-0.39, 0.29) is 5.04 Å². The van der Waals surface area contributed by atoms with Crippen molar-refractivity contribution in [3.8, 4) is 5.75 Å². The van der Waals surface area contributed by atoms with Crippen LogP contribution in [0.5, 0.6) is 5.75 Å². The van der Waals surface area contributed by atoms with E-state index in [1.165, 1.54) is 0 Å². The molecule has 20 heavy (non-hydrogen) atoms. The molecule has 5 heteroatoms. The molecule has 0 aliphatic carbocycles. The van der Waals surface area contributed by atoms with Crippen LogP contribution in [0.25, 0.3) is 10.4 Å². The van der Waals surface area contributed by atoms with Gasteiger partial charge in [-0.25, -0.2) is 0 Å². The standard InChI is InChI=1S/C15H25N3OSi/c1-14(2,3)20(6,7)19-13-10-8-12(9-11-13)15(4,5)17-18-16/h8-11H,1-7H3. The zero-order valence-electron chi connectivity index (χ0n) is 13.6. The van der Waals surface area contributed by atoms with Crippen LogP contribution in [0, 0.1) is 0 Å². The molecule has 0 bridgehead atoms. The third kappa shape index (κ3) is 3.78. The molecule has 0 atom stereocenters. The number of azide groups is 1. The van der Waals surface area contributed by atoms with Gasteiger partial charge in [-0.15, -0.1) is 0 Å². The molecule has 1 aromatic rings. The van der Waals surface area contributed by atoms with E-state index in [1.807, 2.05) is 38.1 Å². The molecule has 110 valence electrons. The lowest BCUT2D eigenvalue weighted by Crippen LogP contribution is -2.43. The Balaban J connectivity index is 2.96. The minimum absolute atomic E-state index is 0.177. The van der Waals surface area contributed by atoms with Crippen LogP contribution < -0.4 is 4.43 Å². The average Bonchev–Trinajstić information content (AvgIpc) is 2.27. The molecule has 0 aromatic heterocycles. The second-order valence-electron chi connectivity index (χ2n) is 7.14. The fourth-order valence-electron chi connectivity index (χ4n) is 1.55. The van der Waals surface area contributed by atoms with E-state index >= 15 is 0 Å². The van der Waals surface area contributed by atoms with Gasteiger partial charge in [0.2, 0.25) is 8.32 Å². The highest BCUT2D eigenvalue weighted by Gasteiger charge is 2.38. The van der Waals surface area contributed by atoms with Crippen LogP contribution in [-0.4, -0.2) is 8.32 Å². The van der Waals surface area contributed by atoms with Crippen molar-refractivity contribution in [2.24, 2.45) is 5.11 Å². The second-order valence-corrected chi connectivity index (χ2v) is 11.9. The summed E-state index contributed by atoms with van der Waals surface area (Å²) < 4.78 is 6.23. The first-order valence-corrected chi connectivity index (χ1v) is 9.76. The molecular formula is C15H25N3OSi. The van der Waals surface area contributed by atoms with E-state index in [9.17, 15) is 0 Å². The summed E-state index contributed by atoms with van der Waals surface area (Å²) in [5, 5.41) is 4.00. The van der Waals surface area contributed by atoms with Gasteiger partial charge in [-0.05, 0) is 41.4 Å². The maximum atomic E-state index is 8.60. The van der Waals surface area contributed by atoms with Crippen LogP contribution in [0.3, 0.4) is 0 Å². The van der Waals surface area contributed by atoms with E-state index in [2.05, 4.69) is 43.9 Å². The molecule has 0 N–H and O–H groups in total. The number of hydrogen-bond donors (Lipinski definition) is 0. The van der Waals surface area contributed by atoms with Crippen molar-refractivity contribution < 1.29 is 4.43 Å². The third-order valence-electron chi connectivity index (χ3n) is 4.03. The van der Waals surface area contributed by atoms with Gasteiger partial charge in [-0.3, -0.25) is 0 Å². The van der Waals surface area contributed by atoms with E-state index < -0.39 is 13.9 Å². The third-order valence-corrected chi connectivity index (χ3v) is 8.39. The molecule has 1 rings (SSSR count). The van der Waals surface area contributed by atoms with E-state index in [4.69, 9.17) is 9.96 Å². The van der Waals surface area contributed by atoms with Gasteiger partial charge in [-0.1, -0.05) is 51.9 Å². The fraction of sp³-hybridized carbons (Fsp3) is 0.600. The monoisotopic (exact) mass is 291 g/mol. The van der Waals surface area contributed by atoms with Crippen molar-refractivity contribution in [3.05, 3.63) is 40.3 Å². The highest BCUT2D eigenvalue weighted by atomic mass is 28.4. The molecule has 4 nitrogen and oxygen atoms in total. The lowest BCUT2D eigenvalue weighted by Gasteiger charge is -2.36. The fourth-order valence-corrected chi connectivity index (χ4v) is 2.58. The van der Waals surface area contributed by atoms with Crippen molar-refractivity contribution in [2.75, 3.05) is 0 Å². The van der Waals surface area contributed by atoms with Gasteiger partial charge in [0.15, 0.2) is 0 Å².